The standard InChI is InChI=1S/C19H32N4S/c20-19(22-17-6-3-1-2-4-7-17)21-14-16-9-11-23(12-10-16)15-18-8-5-13-24-18/h5,8,13,16-17H,1-4,6-7,9-12,14-15H2,(H3,20,21,22). The Labute approximate surface area is 150 Å². The van der Waals surface area contributed by atoms with E-state index in [-0.39, 0.29) is 0 Å². The SMILES string of the molecule is NC(=NCC1CCN(Cc2cccs2)CC1)NC1CCCCCC1. The lowest BCUT2D eigenvalue weighted by atomic mass is 9.97. The Morgan fingerprint density at radius 1 is 1.17 bits per heavy atom. The second-order valence-electron chi connectivity index (χ2n) is 7.36. The molecule has 0 radical (unpaired) electrons. The number of thiophene rings is 1. The van der Waals surface area contributed by atoms with Gasteiger partial charge in [-0.1, -0.05) is 31.7 Å². The monoisotopic (exact) mass is 348 g/mol. The number of nitrogens with one attached hydrogen (secondary N) is 1. The third-order valence-electron chi connectivity index (χ3n) is 5.39. The third kappa shape index (κ3) is 5.78. The average molecular weight is 349 g/mol. The molecule has 2 heterocycles. The first-order valence-corrected chi connectivity index (χ1v) is 10.5. The van der Waals surface area contributed by atoms with Crippen LogP contribution in [-0.4, -0.2) is 36.5 Å². The van der Waals surface area contributed by atoms with Gasteiger partial charge in [0.25, 0.3) is 0 Å². The number of nitrogens with two attached hydrogens (primary N) is 1. The fourth-order valence-electron chi connectivity index (χ4n) is 3.86. The van der Waals surface area contributed by atoms with Crippen LogP contribution < -0.4 is 11.1 Å². The normalized spacial score (nSPS) is 22.4. The van der Waals surface area contributed by atoms with Gasteiger partial charge in [0.2, 0.25) is 0 Å². The van der Waals surface area contributed by atoms with Crippen molar-refractivity contribution in [1.82, 2.24) is 10.2 Å². The summed E-state index contributed by atoms with van der Waals surface area (Å²) < 4.78 is 0. The summed E-state index contributed by atoms with van der Waals surface area (Å²) in [6.07, 6.45) is 10.4. The summed E-state index contributed by atoms with van der Waals surface area (Å²) in [6.45, 7) is 4.37. The van der Waals surface area contributed by atoms with Crippen molar-refractivity contribution in [3.8, 4) is 0 Å². The van der Waals surface area contributed by atoms with Crippen molar-refractivity contribution in [1.29, 1.82) is 0 Å². The highest BCUT2D eigenvalue weighted by Gasteiger charge is 2.19. The lowest BCUT2D eigenvalue weighted by Crippen LogP contribution is -2.40. The first-order valence-electron chi connectivity index (χ1n) is 9.61. The average Bonchev–Trinajstić information content (AvgIpc) is 2.97. The molecule has 1 aliphatic carbocycles. The maximum atomic E-state index is 6.12. The predicted molar refractivity (Wildman–Crippen MR) is 103 cm³/mol. The van der Waals surface area contributed by atoms with Gasteiger partial charge in [0.05, 0.1) is 0 Å². The van der Waals surface area contributed by atoms with Gasteiger partial charge >= 0.3 is 0 Å². The number of piperidine rings is 1. The van der Waals surface area contributed by atoms with Crippen molar-refractivity contribution < 1.29 is 0 Å². The minimum atomic E-state index is 0.545. The maximum Gasteiger partial charge on any atom is 0.188 e. The van der Waals surface area contributed by atoms with Crippen LogP contribution in [0.25, 0.3) is 0 Å². The van der Waals surface area contributed by atoms with Crippen molar-refractivity contribution in [2.45, 2.75) is 64.0 Å². The number of rotatable bonds is 5. The minimum absolute atomic E-state index is 0.545. The van der Waals surface area contributed by atoms with Gasteiger partial charge in [-0.25, -0.2) is 0 Å². The van der Waals surface area contributed by atoms with Crippen LogP contribution in [0.2, 0.25) is 0 Å². The molecular formula is C19H32N4S. The van der Waals surface area contributed by atoms with Gasteiger partial charge < -0.3 is 11.1 Å². The molecule has 134 valence electrons. The largest absolute Gasteiger partial charge is 0.370 e. The number of nitrogens with zero attached hydrogens (tertiary/aromatic N) is 2. The van der Waals surface area contributed by atoms with Crippen molar-refractivity contribution in [2.24, 2.45) is 16.6 Å². The van der Waals surface area contributed by atoms with Gasteiger partial charge in [0.15, 0.2) is 5.96 Å². The number of hydrogen-bond donors (Lipinski definition) is 2. The summed E-state index contributed by atoms with van der Waals surface area (Å²) in [5.74, 6) is 1.36. The van der Waals surface area contributed by atoms with E-state index < -0.39 is 0 Å². The van der Waals surface area contributed by atoms with E-state index in [0.717, 1.165) is 13.1 Å². The summed E-state index contributed by atoms with van der Waals surface area (Å²) in [7, 11) is 0. The third-order valence-corrected chi connectivity index (χ3v) is 6.25. The molecule has 0 aromatic carbocycles. The maximum absolute atomic E-state index is 6.12. The smallest absolute Gasteiger partial charge is 0.188 e. The van der Waals surface area contributed by atoms with Crippen molar-refractivity contribution >= 4 is 17.3 Å². The Kier molecular flexibility index (Phi) is 6.97. The zero-order valence-corrected chi connectivity index (χ0v) is 15.6. The van der Waals surface area contributed by atoms with E-state index in [0.29, 0.717) is 17.9 Å². The summed E-state index contributed by atoms with van der Waals surface area (Å²) in [4.78, 5) is 8.68. The van der Waals surface area contributed by atoms with Crippen molar-refractivity contribution in [3.63, 3.8) is 0 Å². The lowest BCUT2D eigenvalue weighted by Gasteiger charge is -2.31. The Hall–Kier alpha value is -1.07. The van der Waals surface area contributed by atoms with E-state index in [9.17, 15) is 0 Å². The van der Waals surface area contributed by atoms with Crippen LogP contribution in [-0.2, 0) is 6.54 Å². The van der Waals surface area contributed by atoms with Crippen LogP contribution >= 0.6 is 11.3 Å². The molecule has 0 amide bonds. The molecule has 4 nitrogen and oxygen atoms in total. The summed E-state index contributed by atoms with van der Waals surface area (Å²) in [5.41, 5.74) is 6.12. The minimum Gasteiger partial charge on any atom is -0.370 e. The fraction of sp³-hybridized carbons (Fsp3) is 0.737. The number of likely N-dealkylation sites (tertiary alicyclic amines) is 1. The molecule has 3 N–H and O–H groups in total. The second-order valence-corrected chi connectivity index (χ2v) is 8.39. The van der Waals surface area contributed by atoms with Crippen LogP contribution in [0.3, 0.4) is 0 Å². The summed E-state index contributed by atoms with van der Waals surface area (Å²) in [6, 6.07) is 4.93. The van der Waals surface area contributed by atoms with Crippen LogP contribution in [0, 0.1) is 5.92 Å². The molecule has 1 aliphatic heterocycles. The van der Waals surface area contributed by atoms with Gasteiger partial charge in [0, 0.05) is 24.0 Å². The summed E-state index contributed by atoms with van der Waals surface area (Å²) in [5, 5.41) is 5.62. The lowest BCUT2D eigenvalue weighted by molar-refractivity contribution is 0.182. The highest BCUT2D eigenvalue weighted by atomic mass is 32.1. The molecule has 1 aromatic heterocycles. The number of guanidine groups is 1. The van der Waals surface area contributed by atoms with Crippen molar-refractivity contribution in [2.75, 3.05) is 19.6 Å². The quantitative estimate of drug-likeness (QED) is 0.486. The topological polar surface area (TPSA) is 53.6 Å². The molecule has 3 rings (SSSR count). The molecule has 0 spiro atoms. The zero-order chi connectivity index (χ0) is 16.6. The van der Waals surface area contributed by atoms with Crippen LogP contribution in [0.1, 0.15) is 56.2 Å². The van der Waals surface area contributed by atoms with Gasteiger partial charge in [-0.15, -0.1) is 11.3 Å². The molecule has 1 saturated heterocycles. The van der Waals surface area contributed by atoms with Gasteiger partial charge in [0.1, 0.15) is 0 Å². The first kappa shape index (κ1) is 17.7. The molecule has 1 aromatic rings. The molecule has 1 saturated carbocycles. The van der Waals surface area contributed by atoms with Crippen molar-refractivity contribution in [3.05, 3.63) is 22.4 Å². The van der Waals surface area contributed by atoms with E-state index in [1.807, 2.05) is 11.3 Å². The molecular weight excluding hydrogens is 316 g/mol. The molecule has 2 aliphatic rings. The molecule has 0 bridgehead atoms. The number of hydrogen-bond acceptors (Lipinski definition) is 3. The Morgan fingerprint density at radius 2 is 1.92 bits per heavy atom. The molecule has 24 heavy (non-hydrogen) atoms. The summed E-state index contributed by atoms with van der Waals surface area (Å²) >= 11 is 1.86. The van der Waals surface area contributed by atoms with Gasteiger partial charge in [-0.2, -0.15) is 0 Å². The zero-order valence-electron chi connectivity index (χ0n) is 14.8. The predicted octanol–water partition coefficient (Wildman–Crippen LogP) is 3.59. The molecule has 0 unspecified atom stereocenters. The Morgan fingerprint density at radius 3 is 2.58 bits per heavy atom. The van der Waals surface area contributed by atoms with Crippen LogP contribution in [0.15, 0.2) is 22.5 Å². The first-order chi connectivity index (χ1) is 11.8. The van der Waals surface area contributed by atoms with Crippen LogP contribution in [0.5, 0.6) is 0 Å². The van der Waals surface area contributed by atoms with E-state index in [4.69, 9.17) is 5.73 Å². The van der Waals surface area contributed by atoms with E-state index in [2.05, 4.69) is 32.7 Å². The van der Waals surface area contributed by atoms with Gasteiger partial charge in [-0.3, -0.25) is 9.89 Å². The van der Waals surface area contributed by atoms with E-state index in [1.54, 1.807) is 0 Å². The van der Waals surface area contributed by atoms with Crippen LogP contribution in [0.4, 0.5) is 0 Å². The number of aliphatic imine (C=N–C) groups is 1. The fourth-order valence-corrected chi connectivity index (χ4v) is 4.60. The van der Waals surface area contributed by atoms with Gasteiger partial charge in [-0.05, 0) is 56.1 Å². The molecule has 5 heteroatoms. The van der Waals surface area contributed by atoms with E-state index >= 15 is 0 Å². The molecule has 0 atom stereocenters. The Balaban J connectivity index is 1.36. The highest BCUT2D eigenvalue weighted by molar-refractivity contribution is 7.09. The highest BCUT2D eigenvalue weighted by Crippen LogP contribution is 2.21. The van der Waals surface area contributed by atoms with E-state index in [1.165, 1.54) is 69.3 Å². The molecule has 2 fully saturated rings. The second kappa shape index (κ2) is 9.42. The Bertz CT molecular complexity index is 483.